The molecule has 0 amide bonds. The molecule has 0 aliphatic rings. The van der Waals surface area contributed by atoms with Gasteiger partial charge in [-0.15, -0.1) is 0 Å². The summed E-state index contributed by atoms with van der Waals surface area (Å²) >= 11 is 0. The minimum absolute atomic E-state index is 0.262. The van der Waals surface area contributed by atoms with Gasteiger partial charge in [0.25, 0.3) is 0 Å². The molecule has 0 saturated carbocycles. The maximum absolute atomic E-state index is 10.7. The lowest BCUT2D eigenvalue weighted by molar-refractivity contribution is 0.0697. The van der Waals surface area contributed by atoms with Crippen LogP contribution in [0, 0.1) is 0 Å². The van der Waals surface area contributed by atoms with Gasteiger partial charge in [0.15, 0.2) is 0 Å². The minimum atomic E-state index is -0.931. The molecular weight excluding hydrogens is 258 g/mol. The zero-order valence-electron chi connectivity index (χ0n) is 11.7. The number of nitrogens with two attached hydrogens (primary N) is 1. The van der Waals surface area contributed by atoms with Crippen LogP contribution in [-0.4, -0.2) is 37.4 Å². The van der Waals surface area contributed by atoms with Gasteiger partial charge in [-0.1, -0.05) is 0 Å². The van der Waals surface area contributed by atoms with E-state index < -0.39 is 5.97 Å². The van der Waals surface area contributed by atoms with Crippen molar-refractivity contribution in [1.29, 1.82) is 0 Å². The van der Waals surface area contributed by atoms with Crippen molar-refractivity contribution < 1.29 is 19.4 Å². The van der Waals surface area contributed by atoms with Crippen molar-refractivity contribution >= 4 is 5.97 Å². The summed E-state index contributed by atoms with van der Waals surface area (Å²) < 4.78 is 11.0. The third kappa shape index (κ3) is 7.11. The normalized spacial score (nSPS) is 10.4. The van der Waals surface area contributed by atoms with Crippen LogP contribution in [0.5, 0.6) is 5.75 Å². The predicted octanol–water partition coefficient (Wildman–Crippen LogP) is 2.30. The number of carboxylic acids is 1. The van der Waals surface area contributed by atoms with E-state index in [0.717, 1.165) is 38.8 Å². The van der Waals surface area contributed by atoms with Crippen LogP contribution in [0.4, 0.5) is 0 Å². The van der Waals surface area contributed by atoms with E-state index in [2.05, 4.69) is 0 Å². The van der Waals surface area contributed by atoms with E-state index in [9.17, 15) is 4.79 Å². The molecule has 0 saturated heterocycles. The van der Waals surface area contributed by atoms with Crippen molar-refractivity contribution in [2.24, 2.45) is 5.73 Å². The van der Waals surface area contributed by atoms with Gasteiger partial charge in [0.1, 0.15) is 5.75 Å². The molecule has 0 aromatic heterocycles. The van der Waals surface area contributed by atoms with Crippen LogP contribution in [0.1, 0.15) is 36.0 Å². The van der Waals surface area contributed by atoms with Gasteiger partial charge in [-0.25, -0.2) is 4.79 Å². The zero-order chi connectivity index (χ0) is 14.6. The third-order valence-electron chi connectivity index (χ3n) is 2.80. The summed E-state index contributed by atoms with van der Waals surface area (Å²) in [6.07, 6.45) is 4.04. The van der Waals surface area contributed by atoms with E-state index in [1.807, 2.05) is 0 Å². The Labute approximate surface area is 119 Å². The second-order valence-electron chi connectivity index (χ2n) is 4.49. The first-order chi connectivity index (χ1) is 9.74. The molecule has 0 bridgehead atoms. The largest absolute Gasteiger partial charge is 0.494 e. The lowest BCUT2D eigenvalue weighted by Crippen LogP contribution is -2.05. The number of benzene rings is 1. The molecule has 5 heteroatoms. The molecule has 20 heavy (non-hydrogen) atoms. The molecule has 0 radical (unpaired) electrons. The van der Waals surface area contributed by atoms with Crippen molar-refractivity contribution in [3.63, 3.8) is 0 Å². The van der Waals surface area contributed by atoms with E-state index in [1.54, 1.807) is 12.1 Å². The number of carboxylic acid groups (broad SMARTS) is 1. The highest BCUT2D eigenvalue weighted by Gasteiger charge is 2.01. The van der Waals surface area contributed by atoms with Gasteiger partial charge in [0, 0.05) is 19.6 Å². The van der Waals surface area contributed by atoms with Crippen LogP contribution < -0.4 is 10.5 Å². The lowest BCUT2D eigenvalue weighted by atomic mass is 10.2. The van der Waals surface area contributed by atoms with Gasteiger partial charge in [-0.3, -0.25) is 0 Å². The van der Waals surface area contributed by atoms with Crippen LogP contribution in [0.3, 0.4) is 0 Å². The summed E-state index contributed by atoms with van der Waals surface area (Å²) in [6, 6.07) is 6.39. The number of hydrogen-bond acceptors (Lipinski definition) is 4. The van der Waals surface area contributed by atoms with E-state index in [0.29, 0.717) is 19.0 Å². The van der Waals surface area contributed by atoms with Gasteiger partial charge in [-0.05, 0) is 50.1 Å². The third-order valence-corrected chi connectivity index (χ3v) is 2.80. The average molecular weight is 281 g/mol. The van der Waals surface area contributed by atoms with Crippen molar-refractivity contribution in [2.75, 3.05) is 26.4 Å². The summed E-state index contributed by atoms with van der Waals surface area (Å²) in [7, 11) is 0. The maximum Gasteiger partial charge on any atom is 0.335 e. The van der Waals surface area contributed by atoms with E-state index in [4.69, 9.17) is 20.3 Å². The molecule has 0 unspecified atom stereocenters. The highest BCUT2D eigenvalue weighted by molar-refractivity contribution is 5.87. The van der Waals surface area contributed by atoms with E-state index in [1.165, 1.54) is 12.1 Å². The maximum atomic E-state index is 10.7. The average Bonchev–Trinajstić information content (AvgIpc) is 2.46. The quantitative estimate of drug-likeness (QED) is 0.608. The Kier molecular flexibility index (Phi) is 8.42. The van der Waals surface area contributed by atoms with Crippen molar-refractivity contribution in [3.8, 4) is 5.75 Å². The summed E-state index contributed by atoms with van der Waals surface area (Å²) in [5, 5.41) is 8.76. The summed E-state index contributed by atoms with van der Waals surface area (Å²) in [5.74, 6) is -0.252. The molecule has 0 heterocycles. The first-order valence-electron chi connectivity index (χ1n) is 6.98. The lowest BCUT2D eigenvalue weighted by Gasteiger charge is -2.07. The number of hydrogen-bond donors (Lipinski definition) is 2. The van der Waals surface area contributed by atoms with Gasteiger partial charge >= 0.3 is 5.97 Å². The molecule has 0 fully saturated rings. The molecule has 1 aromatic rings. The number of aromatic carboxylic acids is 1. The summed E-state index contributed by atoms with van der Waals surface area (Å²) in [5.41, 5.74) is 5.66. The van der Waals surface area contributed by atoms with Gasteiger partial charge in [-0.2, -0.15) is 0 Å². The molecule has 0 spiro atoms. The van der Waals surface area contributed by atoms with Crippen LogP contribution in [0.15, 0.2) is 24.3 Å². The molecule has 3 N–H and O–H groups in total. The Hall–Kier alpha value is -1.59. The number of rotatable bonds is 11. The fourth-order valence-electron chi connectivity index (χ4n) is 1.67. The predicted molar refractivity (Wildman–Crippen MR) is 77.2 cm³/mol. The minimum Gasteiger partial charge on any atom is -0.494 e. The molecule has 1 rings (SSSR count). The second kappa shape index (κ2) is 10.2. The Balaban J connectivity index is 2.02. The fraction of sp³-hybridized carbons (Fsp3) is 0.533. The number of ether oxygens (including phenoxy) is 2. The Morgan fingerprint density at radius 1 is 1.00 bits per heavy atom. The molecular formula is C15H23NO4. The zero-order valence-corrected chi connectivity index (χ0v) is 11.7. The van der Waals surface area contributed by atoms with Crippen LogP contribution >= 0.6 is 0 Å². The monoisotopic (exact) mass is 281 g/mol. The van der Waals surface area contributed by atoms with Gasteiger partial charge < -0.3 is 20.3 Å². The SMILES string of the molecule is NCCCCCOCCCOc1ccc(C(=O)O)cc1. The Morgan fingerprint density at radius 2 is 1.70 bits per heavy atom. The summed E-state index contributed by atoms with van der Waals surface area (Å²) in [6.45, 7) is 2.76. The number of unbranched alkanes of at least 4 members (excludes halogenated alkanes) is 2. The molecule has 5 nitrogen and oxygen atoms in total. The smallest absolute Gasteiger partial charge is 0.335 e. The van der Waals surface area contributed by atoms with Gasteiger partial charge in [0.2, 0.25) is 0 Å². The molecule has 0 aliphatic heterocycles. The molecule has 112 valence electrons. The second-order valence-corrected chi connectivity index (χ2v) is 4.49. The summed E-state index contributed by atoms with van der Waals surface area (Å²) in [4.78, 5) is 10.7. The molecule has 0 atom stereocenters. The Morgan fingerprint density at radius 3 is 2.35 bits per heavy atom. The first kappa shape index (κ1) is 16.5. The first-order valence-corrected chi connectivity index (χ1v) is 6.98. The van der Waals surface area contributed by atoms with Crippen molar-refractivity contribution in [1.82, 2.24) is 0 Å². The van der Waals surface area contributed by atoms with E-state index in [-0.39, 0.29) is 5.56 Å². The standard InChI is InChI=1S/C15H23NO4/c16-9-2-1-3-10-19-11-4-12-20-14-7-5-13(6-8-14)15(17)18/h5-8H,1-4,9-12,16H2,(H,17,18). The highest BCUT2D eigenvalue weighted by Crippen LogP contribution is 2.12. The van der Waals surface area contributed by atoms with Gasteiger partial charge in [0.05, 0.1) is 12.2 Å². The molecule has 0 aliphatic carbocycles. The molecule has 1 aromatic carbocycles. The van der Waals surface area contributed by atoms with E-state index >= 15 is 0 Å². The van der Waals surface area contributed by atoms with Crippen LogP contribution in [-0.2, 0) is 4.74 Å². The van der Waals surface area contributed by atoms with Crippen molar-refractivity contribution in [2.45, 2.75) is 25.7 Å². The fourth-order valence-corrected chi connectivity index (χ4v) is 1.67. The van der Waals surface area contributed by atoms with Crippen molar-refractivity contribution in [3.05, 3.63) is 29.8 Å². The Bertz CT molecular complexity index is 378. The highest BCUT2D eigenvalue weighted by atomic mass is 16.5. The topological polar surface area (TPSA) is 81.8 Å². The van der Waals surface area contributed by atoms with Crippen LogP contribution in [0.2, 0.25) is 0 Å². The number of carbonyl (C=O) groups is 1. The van der Waals surface area contributed by atoms with Crippen LogP contribution in [0.25, 0.3) is 0 Å².